The lowest BCUT2D eigenvalue weighted by molar-refractivity contribution is 0.0650. The Labute approximate surface area is 311 Å². The first kappa shape index (κ1) is 39.0. The molecule has 2 aliphatic rings. The second-order valence-corrected chi connectivity index (χ2v) is 13.1. The summed E-state index contributed by atoms with van der Waals surface area (Å²) in [5.74, 6) is -4.50. The number of carboxylic acid groups (broad SMARTS) is 2. The Balaban J connectivity index is 0.000000210. The number of hydrogen-bond donors (Lipinski definition) is 3. The van der Waals surface area contributed by atoms with Crippen molar-refractivity contribution in [3.8, 4) is 11.5 Å². The molecule has 0 fully saturated rings. The molecule has 6 rings (SSSR count). The van der Waals surface area contributed by atoms with E-state index >= 15 is 0 Å². The number of amides is 2. The van der Waals surface area contributed by atoms with Gasteiger partial charge in [-0.25, -0.2) is 9.59 Å². The van der Waals surface area contributed by atoms with Crippen LogP contribution < -0.4 is 15.6 Å². The first-order valence-electron chi connectivity index (χ1n) is 17.9. The molecule has 54 heavy (non-hydrogen) atoms. The minimum absolute atomic E-state index is 0.144. The number of pyridine rings is 2. The summed E-state index contributed by atoms with van der Waals surface area (Å²) in [7, 11) is 0. The topological polar surface area (TPSA) is 189 Å². The number of aromatic hydroxyl groups is 1. The number of rotatable bonds is 12. The van der Waals surface area contributed by atoms with E-state index < -0.39 is 40.0 Å². The van der Waals surface area contributed by atoms with Crippen LogP contribution in [0.1, 0.15) is 98.5 Å². The third-order valence-corrected chi connectivity index (χ3v) is 9.63. The minimum Gasteiger partial charge on any atom is -0.503 e. The first-order valence-corrected chi connectivity index (χ1v) is 17.9. The third kappa shape index (κ3) is 8.07. The maximum atomic E-state index is 13.1. The van der Waals surface area contributed by atoms with Gasteiger partial charge >= 0.3 is 11.9 Å². The van der Waals surface area contributed by atoms with E-state index in [1.807, 2.05) is 81.4 Å². The van der Waals surface area contributed by atoms with Gasteiger partial charge in [-0.3, -0.25) is 19.2 Å². The summed E-state index contributed by atoms with van der Waals surface area (Å²) in [5, 5.41) is 28.9. The Morgan fingerprint density at radius 1 is 0.685 bits per heavy atom. The van der Waals surface area contributed by atoms with Gasteiger partial charge in [0.25, 0.3) is 11.8 Å². The maximum absolute atomic E-state index is 13.1. The van der Waals surface area contributed by atoms with Gasteiger partial charge in [-0.15, -0.1) is 0 Å². The van der Waals surface area contributed by atoms with Crippen LogP contribution in [0.4, 0.5) is 0 Å². The van der Waals surface area contributed by atoms with Gasteiger partial charge in [0.2, 0.25) is 10.9 Å². The van der Waals surface area contributed by atoms with E-state index in [1.54, 1.807) is 14.4 Å². The standard InChI is InChI=1S/C22H26N2O5.C18H18N2O5/c1-3-5-11-29-20-18-21(26)23(4-2)13-16(12-15-9-7-6-8-10-15)24(18)14-17(19(20)25)22(27)28;1-2-19-9-12(8-11-6-4-3-5-7-11)20-10-13(18(24)25)15(21)16(22)14(20)17(19)23/h6-10,14,16H,3-5,11-13H2,1-2H3,(H,27,28);3-7,10,12,22H,2,8-9H2,1H3,(H,24,25). The molecule has 0 radical (unpaired) electrons. The van der Waals surface area contributed by atoms with Crippen molar-refractivity contribution < 1.29 is 39.2 Å². The van der Waals surface area contributed by atoms with E-state index in [2.05, 4.69) is 0 Å². The summed E-state index contributed by atoms with van der Waals surface area (Å²) in [5.41, 5.74) is -0.632. The highest BCUT2D eigenvalue weighted by atomic mass is 16.5. The second kappa shape index (κ2) is 17.1. The predicted octanol–water partition coefficient (Wildman–Crippen LogP) is 4.50. The van der Waals surface area contributed by atoms with Crippen LogP contribution in [0.5, 0.6) is 11.5 Å². The Hall–Kier alpha value is -6.18. The molecule has 0 bridgehead atoms. The molecule has 2 atom stereocenters. The minimum atomic E-state index is -1.43. The number of nitrogens with zero attached hydrogens (tertiary/aromatic N) is 4. The van der Waals surface area contributed by atoms with Crippen molar-refractivity contribution >= 4 is 23.8 Å². The second-order valence-electron chi connectivity index (χ2n) is 13.1. The highest BCUT2D eigenvalue weighted by Crippen LogP contribution is 2.31. The number of benzene rings is 2. The van der Waals surface area contributed by atoms with E-state index in [9.17, 15) is 44.1 Å². The van der Waals surface area contributed by atoms with Crippen LogP contribution in [-0.4, -0.2) is 90.8 Å². The quantitative estimate of drug-likeness (QED) is 0.175. The fourth-order valence-corrected chi connectivity index (χ4v) is 6.78. The summed E-state index contributed by atoms with van der Waals surface area (Å²) < 4.78 is 8.75. The number of aromatic nitrogens is 2. The molecule has 4 aromatic rings. The van der Waals surface area contributed by atoms with Crippen molar-refractivity contribution in [2.45, 2.75) is 58.5 Å². The number of carbonyl (C=O) groups excluding carboxylic acids is 2. The van der Waals surface area contributed by atoms with Gasteiger partial charge in [-0.1, -0.05) is 74.0 Å². The molecule has 3 N–H and O–H groups in total. The lowest BCUT2D eigenvalue weighted by atomic mass is 10.0. The van der Waals surface area contributed by atoms with Crippen molar-refractivity contribution in [1.29, 1.82) is 0 Å². The van der Waals surface area contributed by atoms with Crippen LogP contribution in [0.3, 0.4) is 0 Å². The Morgan fingerprint density at radius 2 is 1.13 bits per heavy atom. The Morgan fingerprint density at radius 3 is 1.57 bits per heavy atom. The third-order valence-electron chi connectivity index (χ3n) is 9.63. The number of likely N-dealkylation sites (N-methyl/N-ethyl adjacent to an activating group) is 2. The van der Waals surface area contributed by atoms with Crippen LogP contribution in [-0.2, 0) is 12.8 Å². The summed E-state index contributed by atoms with van der Waals surface area (Å²) in [6, 6.07) is 18.9. The van der Waals surface area contributed by atoms with E-state index in [4.69, 9.17) is 4.74 Å². The fourth-order valence-electron chi connectivity index (χ4n) is 6.78. The van der Waals surface area contributed by atoms with Crippen LogP contribution in [0.25, 0.3) is 0 Å². The van der Waals surface area contributed by atoms with Crippen molar-refractivity contribution in [3.63, 3.8) is 0 Å². The van der Waals surface area contributed by atoms with E-state index in [-0.39, 0.29) is 47.3 Å². The number of carboxylic acids is 2. The zero-order valence-corrected chi connectivity index (χ0v) is 30.4. The normalized spacial score (nSPS) is 16.2. The average Bonchev–Trinajstić information content (AvgIpc) is 3.16. The number of fused-ring (bicyclic) bond motifs is 2. The fraction of sp³-hybridized carbons (Fsp3) is 0.350. The average molecular weight is 741 g/mol. The van der Waals surface area contributed by atoms with Gasteiger partial charge in [0.1, 0.15) is 11.1 Å². The van der Waals surface area contributed by atoms with E-state index in [0.29, 0.717) is 45.4 Å². The number of hydrogen-bond acceptors (Lipinski definition) is 8. The number of ether oxygens (including phenoxy) is 1. The zero-order valence-electron chi connectivity index (χ0n) is 30.4. The SMILES string of the molecule is CCCCOc1c2n(cc(C(=O)O)c1=O)C(Cc1ccccc1)CN(CC)C2=O.CCN1CC(Cc2ccccc2)n2cc(C(=O)O)c(=O)c(O)c2C1=O. The summed E-state index contributed by atoms with van der Waals surface area (Å²) >= 11 is 0. The van der Waals surface area contributed by atoms with Crippen LogP contribution >= 0.6 is 0 Å². The molecule has 0 saturated heterocycles. The molecule has 4 heterocycles. The smallest absolute Gasteiger partial charge is 0.341 e. The lowest BCUT2D eigenvalue weighted by Crippen LogP contribution is -2.45. The van der Waals surface area contributed by atoms with Crippen molar-refractivity contribution in [3.05, 3.63) is 127 Å². The van der Waals surface area contributed by atoms with Gasteiger partial charge in [-0.05, 0) is 44.2 Å². The summed E-state index contributed by atoms with van der Waals surface area (Å²) in [6.45, 7) is 7.67. The van der Waals surface area contributed by atoms with Crippen LogP contribution in [0.15, 0.2) is 82.6 Å². The Bertz CT molecular complexity index is 2150. The molecule has 2 unspecified atom stereocenters. The molecule has 0 spiro atoms. The van der Waals surface area contributed by atoms with Gasteiger partial charge in [0, 0.05) is 38.6 Å². The highest BCUT2D eigenvalue weighted by molar-refractivity contribution is 5.98. The van der Waals surface area contributed by atoms with Crippen molar-refractivity contribution in [2.75, 3.05) is 32.8 Å². The lowest BCUT2D eigenvalue weighted by Gasteiger charge is -2.36. The molecule has 2 aromatic carbocycles. The number of aromatic carboxylic acids is 2. The van der Waals surface area contributed by atoms with Crippen molar-refractivity contribution in [1.82, 2.24) is 18.9 Å². The molecule has 14 heteroatoms. The molecule has 284 valence electrons. The Kier molecular flexibility index (Phi) is 12.4. The largest absolute Gasteiger partial charge is 0.503 e. The predicted molar refractivity (Wildman–Crippen MR) is 199 cm³/mol. The first-order chi connectivity index (χ1) is 25.9. The van der Waals surface area contributed by atoms with E-state index in [0.717, 1.165) is 23.7 Å². The van der Waals surface area contributed by atoms with Crippen LogP contribution in [0, 0.1) is 0 Å². The molecule has 2 aromatic heterocycles. The van der Waals surface area contributed by atoms with Crippen LogP contribution in [0.2, 0.25) is 0 Å². The molecule has 14 nitrogen and oxygen atoms in total. The van der Waals surface area contributed by atoms with Crippen molar-refractivity contribution in [2.24, 2.45) is 0 Å². The molecule has 2 aliphatic heterocycles. The number of unbranched alkanes of at least 4 members (excludes halogenated alkanes) is 1. The molecular formula is C40H44N4O10. The zero-order chi connectivity index (χ0) is 39.1. The molecule has 2 amide bonds. The van der Waals surface area contributed by atoms with Gasteiger partial charge in [-0.2, -0.15) is 0 Å². The number of carbonyl (C=O) groups is 4. The molecule has 0 saturated carbocycles. The van der Waals surface area contributed by atoms with Gasteiger partial charge in [0.05, 0.1) is 18.7 Å². The summed E-state index contributed by atoms with van der Waals surface area (Å²) in [6.07, 6.45) is 5.17. The monoisotopic (exact) mass is 740 g/mol. The summed E-state index contributed by atoms with van der Waals surface area (Å²) in [4.78, 5) is 76.7. The highest BCUT2D eigenvalue weighted by Gasteiger charge is 2.37. The van der Waals surface area contributed by atoms with E-state index in [1.165, 1.54) is 10.8 Å². The van der Waals surface area contributed by atoms with Gasteiger partial charge in [0.15, 0.2) is 22.9 Å². The molecule has 0 aliphatic carbocycles. The maximum Gasteiger partial charge on any atom is 0.341 e. The van der Waals surface area contributed by atoms with Gasteiger partial charge < -0.3 is 39.0 Å². The molecular weight excluding hydrogens is 696 g/mol.